The van der Waals surface area contributed by atoms with E-state index >= 15 is 0 Å². The number of carbonyl (C=O) groups is 2. The van der Waals surface area contributed by atoms with Gasteiger partial charge in [0.05, 0.1) is 22.1 Å². The Morgan fingerprint density at radius 3 is 2.49 bits per heavy atom. The van der Waals surface area contributed by atoms with Gasteiger partial charge in [0.1, 0.15) is 5.75 Å². The molecule has 0 fully saturated rings. The van der Waals surface area contributed by atoms with Crippen molar-refractivity contribution in [3.63, 3.8) is 0 Å². The summed E-state index contributed by atoms with van der Waals surface area (Å²) >= 11 is 12.1. The largest absolute Gasteiger partial charge is 0.600 e. The Labute approximate surface area is 234 Å². The Bertz CT molecular complexity index is 1620. The van der Waals surface area contributed by atoms with Gasteiger partial charge in [0, 0.05) is 21.3 Å². The molecule has 1 amide bonds. The molecule has 0 aliphatic heterocycles. The number of nitrogens with one attached hydrogen (secondary N) is 1. The van der Waals surface area contributed by atoms with E-state index in [1.807, 2.05) is 6.07 Å². The second-order valence-corrected chi connectivity index (χ2v) is 10.4. The minimum Gasteiger partial charge on any atom is -0.600 e. The molecule has 0 bridgehead atoms. The summed E-state index contributed by atoms with van der Waals surface area (Å²) in [6.45, 7) is 2.54. The maximum absolute atomic E-state index is 13.1. The summed E-state index contributed by atoms with van der Waals surface area (Å²) in [6, 6.07) is 14.1. The Morgan fingerprint density at radius 1 is 1.08 bits per heavy atom. The van der Waals surface area contributed by atoms with Crippen molar-refractivity contribution in [1.29, 1.82) is 5.26 Å². The second kappa shape index (κ2) is 12.6. The van der Waals surface area contributed by atoms with E-state index in [0.29, 0.717) is 5.56 Å². The number of amides is 1. The third-order valence-corrected chi connectivity index (χ3v) is 6.76. The number of ether oxygens (including phenoxy) is 2. The second-order valence-electron chi connectivity index (χ2n) is 7.89. The molecule has 0 saturated carbocycles. The van der Waals surface area contributed by atoms with Gasteiger partial charge >= 0.3 is 0 Å². The van der Waals surface area contributed by atoms with E-state index in [9.17, 15) is 23.1 Å². The Hall–Kier alpha value is -4.11. The van der Waals surface area contributed by atoms with E-state index in [4.69, 9.17) is 33.2 Å². The zero-order chi connectivity index (χ0) is 28.7. The highest BCUT2D eigenvalue weighted by atomic mass is 35.5. The smallest absolute Gasteiger partial charge is 0.284 e. The number of rotatable bonds is 9. The summed E-state index contributed by atoms with van der Waals surface area (Å²) in [5.41, 5.74) is 1.04. The zero-order valence-electron chi connectivity index (χ0n) is 20.5. The van der Waals surface area contributed by atoms with E-state index < -0.39 is 34.4 Å². The number of benzene rings is 3. The fraction of sp³-hybridized carbons (Fsp3) is 0.154. The number of anilines is 1. The van der Waals surface area contributed by atoms with Crippen LogP contribution in [-0.2, 0) is 19.6 Å². The van der Waals surface area contributed by atoms with Crippen molar-refractivity contribution in [3.05, 3.63) is 86.9 Å². The van der Waals surface area contributed by atoms with Gasteiger partial charge in [-0.05, 0) is 73.7 Å². The number of nitrogens with zero attached hydrogens (tertiary/aromatic N) is 2. The first-order valence-electron chi connectivity index (χ1n) is 11.2. The maximum atomic E-state index is 13.1. The normalized spacial score (nSPS) is 11.4. The fourth-order valence-corrected chi connectivity index (χ4v) is 4.64. The quantitative estimate of drug-likeness (QED) is 0.224. The highest BCUT2D eigenvalue weighted by molar-refractivity contribution is 7.90. The van der Waals surface area contributed by atoms with Crippen LogP contribution >= 0.6 is 23.2 Å². The Balaban J connectivity index is 1.75. The van der Waals surface area contributed by atoms with Gasteiger partial charge in [-0.25, -0.2) is 0 Å². The topological polar surface area (TPSA) is 158 Å². The molecule has 0 aromatic heterocycles. The predicted octanol–water partition coefficient (Wildman–Crippen LogP) is 3.86. The standard InChI is InChI=1S/C26H21Cl2N3O7S/c1-3-37-26(34)31-39(35,36)20-5-6-22(15(2)8-20)30-24(32)14-38-23-7-4-18(27)12-21(23)25(33)17-9-16(13-29)10-19(28)11-17/h4-12H,3,14H2,1-2H3,(H,30,32)(H,31,34)/p-1. The lowest BCUT2D eigenvalue weighted by Crippen LogP contribution is -2.23. The van der Waals surface area contributed by atoms with Crippen LogP contribution < -0.4 is 15.2 Å². The van der Waals surface area contributed by atoms with Gasteiger partial charge in [-0.2, -0.15) is 13.7 Å². The molecule has 0 radical (unpaired) electrons. The molecule has 0 heterocycles. The van der Waals surface area contributed by atoms with Crippen LogP contribution in [0.25, 0.3) is 0 Å². The van der Waals surface area contributed by atoms with Gasteiger partial charge in [0.15, 0.2) is 18.5 Å². The number of sulfonamides is 1. The van der Waals surface area contributed by atoms with Crippen molar-refractivity contribution in [1.82, 2.24) is 0 Å². The molecule has 0 unspecified atom stereocenters. The molecule has 3 aromatic rings. The number of ketones is 1. The molecular formula is C26H20Cl2N3O7S-. The first-order valence-corrected chi connectivity index (χ1v) is 13.4. The van der Waals surface area contributed by atoms with Crippen LogP contribution in [0, 0.1) is 18.3 Å². The van der Waals surface area contributed by atoms with Crippen LogP contribution in [0.4, 0.5) is 5.69 Å². The summed E-state index contributed by atoms with van der Waals surface area (Å²) in [5, 5.41) is 23.6. The first-order chi connectivity index (χ1) is 18.4. The molecule has 3 aromatic carbocycles. The van der Waals surface area contributed by atoms with Crippen LogP contribution in [0.15, 0.2) is 63.9 Å². The van der Waals surface area contributed by atoms with Crippen LogP contribution in [0.2, 0.25) is 10.0 Å². The molecule has 1 N–H and O–H groups in total. The molecule has 10 nitrogen and oxygen atoms in total. The highest BCUT2D eigenvalue weighted by Crippen LogP contribution is 2.27. The van der Waals surface area contributed by atoms with Gasteiger partial charge in [-0.3, -0.25) is 9.59 Å². The lowest BCUT2D eigenvalue weighted by atomic mass is 10.0. The maximum Gasteiger partial charge on any atom is 0.284 e. The molecule has 0 spiro atoms. The SMILES string of the molecule is CCO/C([O-])=N/S(=O)(=O)c1ccc(NC(=O)COc2ccc(Cl)cc2C(=O)c2cc(Cl)cc(C#N)c2)c(C)c1. The van der Waals surface area contributed by atoms with Crippen LogP contribution in [-0.4, -0.2) is 39.4 Å². The highest BCUT2D eigenvalue weighted by Gasteiger charge is 2.19. The number of nitriles is 1. The van der Waals surface area contributed by atoms with Crippen molar-refractivity contribution in [2.75, 3.05) is 18.5 Å². The van der Waals surface area contributed by atoms with Gasteiger partial charge in [0.2, 0.25) is 0 Å². The molecule has 39 heavy (non-hydrogen) atoms. The molecule has 13 heteroatoms. The van der Waals surface area contributed by atoms with E-state index in [1.165, 1.54) is 61.5 Å². The van der Waals surface area contributed by atoms with Gasteiger partial charge in [-0.1, -0.05) is 30.1 Å². The van der Waals surface area contributed by atoms with E-state index in [0.717, 1.165) is 0 Å². The molecule has 3 rings (SSSR count). The number of aryl methyl sites for hydroxylation is 1. The minimum absolute atomic E-state index is 0.0294. The average Bonchev–Trinajstić information content (AvgIpc) is 2.88. The minimum atomic E-state index is -4.30. The van der Waals surface area contributed by atoms with Crippen molar-refractivity contribution in [2.45, 2.75) is 18.7 Å². The lowest BCUT2D eigenvalue weighted by molar-refractivity contribution is -0.249. The zero-order valence-corrected chi connectivity index (χ0v) is 22.9. The third kappa shape index (κ3) is 7.70. The van der Waals surface area contributed by atoms with Crippen molar-refractivity contribution >= 4 is 56.7 Å². The fourth-order valence-electron chi connectivity index (χ4n) is 3.31. The van der Waals surface area contributed by atoms with Gasteiger partial charge in [-0.15, -0.1) is 4.40 Å². The Kier molecular flexibility index (Phi) is 9.53. The van der Waals surface area contributed by atoms with E-state index in [1.54, 1.807) is 6.92 Å². The van der Waals surface area contributed by atoms with Crippen molar-refractivity contribution in [3.8, 4) is 11.8 Å². The molecule has 202 valence electrons. The summed E-state index contributed by atoms with van der Waals surface area (Å²) in [7, 11) is -4.30. The molecular weight excluding hydrogens is 569 g/mol. The molecule has 0 saturated heterocycles. The van der Waals surface area contributed by atoms with Crippen LogP contribution in [0.5, 0.6) is 5.75 Å². The van der Waals surface area contributed by atoms with Gasteiger partial charge in [0.25, 0.3) is 15.9 Å². The molecule has 0 aliphatic carbocycles. The lowest BCUT2D eigenvalue weighted by Gasteiger charge is -2.14. The monoisotopic (exact) mass is 588 g/mol. The Morgan fingerprint density at radius 2 is 1.82 bits per heavy atom. The number of halogens is 2. The molecule has 0 atom stereocenters. The predicted molar refractivity (Wildman–Crippen MR) is 143 cm³/mol. The van der Waals surface area contributed by atoms with Crippen molar-refractivity contribution < 1.29 is 32.6 Å². The summed E-state index contributed by atoms with van der Waals surface area (Å²) < 4.78 is 37.8. The first kappa shape index (κ1) is 29.4. The molecule has 0 aliphatic rings. The number of carbonyl (C=O) groups excluding carboxylic acids is 2. The summed E-state index contributed by atoms with van der Waals surface area (Å²) in [6.07, 6.45) is -1.23. The summed E-state index contributed by atoms with van der Waals surface area (Å²) in [5.74, 6) is -1.06. The van der Waals surface area contributed by atoms with Crippen LogP contribution in [0.3, 0.4) is 0 Å². The van der Waals surface area contributed by atoms with Crippen molar-refractivity contribution in [2.24, 2.45) is 4.40 Å². The van der Waals surface area contributed by atoms with E-state index in [-0.39, 0.29) is 49.7 Å². The number of hydrogen-bond acceptors (Lipinski definition) is 8. The van der Waals surface area contributed by atoms with Crippen LogP contribution in [0.1, 0.15) is 34.0 Å². The van der Waals surface area contributed by atoms with E-state index in [2.05, 4.69) is 14.5 Å². The van der Waals surface area contributed by atoms with Gasteiger partial charge < -0.3 is 19.9 Å². The average molecular weight is 589 g/mol. The third-order valence-electron chi connectivity index (χ3n) is 5.07. The summed E-state index contributed by atoms with van der Waals surface area (Å²) in [4.78, 5) is 25.5. The number of hydrogen-bond donors (Lipinski definition) is 1.